The number of carbonyl (C=O) groups is 4. The highest BCUT2D eigenvalue weighted by molar-refractivity contribution is 7.98. The van der Waals surface area contributed by atoms with E-state index in [1.807, 2.05) is 20.1 Å². The van der Waals surface area contributed by atoms with E-state index in [9.17, 15) is 29.4 Å². The van der Waals surface area contributed by atoms with Crippen molar-refractivity contribution in [3.8, 4) is 0 Å². The second-order valence-electron chi connectivity index (χ2n) is 8.19. The summed E-state index contributed by atoms with van der Waals surface area (Å²) >= 11 is 1.47. The van der Waals surface area contributed by atoms with E-state index in [4.69, 9.17) is 5.73 Å². The molecule has 0 aromatic heterocycles. The number of aliphatic hydroxyl groups excluding tert-OH is 1. The lowest BCUT2D eigenvalue weighted by atomic mass is 9.94. The predicted octanol–water partition coefficient (Wildman–Crippen LogP) is 0.0788. The van der Waals surface area contributed by atoms with Gasteiger partial charge in [0, 0.05) is 0 Å². The van der Waals surface area contributed by atoms with Crippen molar-refractivity contribution in [1.82, 2.24) is 16.0 Å². The molecule has 0 aliphatic rings. The lowest BCUT2D eigenvalue weighted by Crippen LogP contribution is -2.60. The second-order valence-corrected chi connectivity index (χ2v) is 9.18. The smallest absolute Gasteiger partial charge is 0.326 e. The molecule has 3 amide bonds. The van der Waals surface area contributed by atoms with Crippen LogP contribution in [0.3, 0.4) is 0 Å². The number of rotatable bonds is 15. The highest BCUT2D eigenvalue weighted by Gasteiger charge is 2.34. The molecule has 7 N–H and O–H groups in total. The maximum Gasteiger partial charge on any atom is 0.326 e. The highest BCUT2D eigenvalue weighted by atomic mass is 32.2. The molecule has 0 aromatic carbocycles. The van der Waals surface area contributed by atoms with Crippen molar-refractivity contribution in [1.29, 1.82) is 0 Å². The molecule has 0 rings (SSSR count). The third-order valence-corrected chi connectivity index (χ3v) is 6.28. The van der Waals surface area contributed by atoms with E-state index in [0.29, 0.717) is 18.6 Å². The Morgan fingerprint density at radius 1 is 0.875 bits per heavy atom. The lowest BCUT2D eigenvalue weighted by Gasteiger charge is -2.30. The van der Waals surface area contributed by atoms with Gasteiger partial charge in [-0.25, -0.2) is 4.79 Å². The average Bonchev–Trinajstić information content (AvgIpc) is 2.75. The van der Waals surface area contributed by atoms with Gasteiger partial charge in [0.05, 0.1) is 6.10 Å². The number of carboxylic acid groups (broad SMARTS) is 1. The highest BCUT2D eigenvalue weighted by Crippen LogP contribution is 2.13. The summed E-state index contributed by atoms with van der Waals surface area (Å²) in [6, 6.07) is -4.20. The van der Waals surface area contributed by atoms with Crippen LogP contribution in [0, 0.1) is 11.8 Å². The molecule has 32 heavy (non-hydrogen) atoms. The van der Waals surface area contributed by atoms with Crippen molar-refractivity contribution in [2.45, 2.75) is 84.2 Å². The Morgan fingerprint density at radius 3 is 1.69 bits per heavy atom. The minimum Gasteiger partial charge on any atom is -0.480 e. The van der Waals surface area contributed by atoms with Crippen LogP contribution in [0.2, 0.25) is 0 Å². The summed E-state index contributed by atoms with van der Waals surface area (Å²) in [4.78, 5) is 49.8. The minimum atomic E-state index is -1.20. The zero-order valence-electron chi connectivity index (χ0n) is 19.9. The Hall–Kier alpha value is -1.85. The fourth-order valence-electron chi connectivity index (χ4n) is 2.87. The fraction of sp³-hybridized carbons (Fsp3) is 0.810. The Labute approximate surface area is 194 Å². The van der Waals surface area contributed by atoms with Gasteiger partial charge in [0.15, 0.2) is 0 Å². The van der Waals surface area contributed by atoms with Crippen molar-refractivity contribution < 1.29 is 29.4 Å². The molecule has 0 saturated carbocycles. The number of nitrogens with two attached hydrogens (primary N) is 1. The Morgan fingerprint density at radius 2 is 1.31 bits per heavy atom. The summed E-state index contributed by atoms with van der Waals surface area (Å²) in [5, 5.41) is 26.8. The van der Waals surface area contributed by atoms with Crippen LogP contribution in [0.25, 0.3) is 0 Å². The summed E-state index contributed by atoms with van der Waals surface area (Å²) in [6.45, 7) is 8.65. The summed E-state index contributed by atoms with van der Waals surface area (Å²) in [7, 11) is 0. The summed E-state index contributed by atoms with van der Waals surface area (Å²) in [5.74, 6) is -2.95. The molecule has 7 atom stereocenters. The molecule has 0 bridgehead atoms. The van der Waals surface area contributed by atoms with Crippen LogP contribution in [0.15, 0.2) is 0 Å². The van der Waals surface area contributed by atoms with Crippen LogP contribution in [0.1, 0.15) is 53.9 Å². The molecule has 10 nitrogen and oxygen atoms in total. The van der Waals surface area contributed by atoms with Crippen molar-refractivity contribution in [2.24, 2.45) is 17.6 Å². The first-order valence-corrected chi connectivity index (χ1v) is 12.4. The third kappa shape index (κ3) is 9.74. The van der Waals surface area contributed by atoms with E-state index in [2.05, 4.69) is 16.0 Å². The summed E-state index contributed by atoms with van der Waals surface area (Å²) in [5.41, 5.74) is 5.68. The molecule has 0 aliphatic carbocycles. The SMILES string of the molecule is CCC(C)C(NC(=O)C(N)C(C)O)C(=O)NC(C(=O)NC(CCSC)C(=O)O)C(C)CC. The first-order valence-electron chi connectivity index (χ1n) is 11.0. The van der Waals surface area contributed by atoms with E-state index in [1.165, 1.54) is 18.7 Å². The molecule has 0 fully saturated rings. The zero-order valence-corrected chi connectivity index (χ0v) is 20.7. The quantitative estimate of drug-likeness (QED) is 0.193. The lowest BCUT2D eigenvalue weighted by molar-refractivity contribution is -0.142. The molecule has 0 aromatic rings. The number of carboxylic acids is 1. The molecule has 0 radical (unpaired) electrons. The van der Waals surface area contributed by atoms with Gasteiger partial charge in [-0.05, 0) is 37.2 Å². The van der Waals surface area contributed by atoms with Gasteiger partial charge in [-0.2, -0.15) is 11.8 Å². The summed E-state index contributed by atoms with van der Waals surface area (Å²) < 4.78 is 0. The first-order chi connectivity index (χ1) is 14.9. The van der Waals surface area contributed by atoms with Gasteiger partial charge in [-0.1, -0.05) is 40.5 Å². The van der Waals surface area contributed by atoms with E-state index in [1.54, 1.807) is 13.8 Å². The third-order valence-electron chi connectivity index (χ3n) is 5.63. The number of thioether (sulfide) groups is 1. The topological polar surface area (TPSA) is 171 Å². The monoisotopic (exact) mass is 476 g/mol. The maximum absolute atomic E-state index is 13.1. The molecule has 0 spiro atoms. The fourth-order valence-corrected chi connectivity index (χ4v) is 3.34. The van der Waals surface area contributed by atoms with Crippen molar-refractivity contribution >= 4 is 35.5 Å². The number of hydrogen-bond donors (Lipinski definition) is 6. The molecular formula is C21H40N4O6S. The Bertz CT molecular complexity index is 633. The second kappa shape index (κ2) is 15.1. The number of carbonyl (C=O) groups excluding carboxylic acids is 3. The normalized spacial score (nSPS) is 17.8. The number of amides is 3. The van der Waals surface area contributed by atoms with Gasteiger partial charge in [0.25, 0.3) is 0 Å². The molecule has 0 saturated heterocycles. The van der Waals surface area contributed by atoms with Gasteiger partial charge in [-0.3, -0.25) is 14.4 Å². The van der Waals surface area contributed by atoms with Gasteiger partial charge in [0.1, 0.15) is 24.2 Å². The van der Waals surface area contributed by atoms with Gasteiger partial charge in [-0.15, -0.1) is 0 Å². The van der Waals surface area contributed by atoms with E-state index >= 15 is 0 Å². The van der Waals surface area contributed by atoms with Gasteiger partial charge >= 0.3 is 5.97 Å². The van der Waals surface area contributed by atoms with Crippen LogP contribution in [0.4, 0.5) is 0 Å². The van der Waals surface area contributed by atoms with Crippen molar-refractivity contribution in [3.63, 3.8) is 0 Å². The van der Waals surface area contributed by atoms with E-state index in [0.717, 1.165) is 0 Å². The van der Waals surface area contributed by atoms with Gasteiger partial charge in [0.2, 0.25) is 17.7 Å². The maximum atomic E-state index is 13.1. The Kier molecular flexibility index (Phi) is 14.2. The molecule has 11 heteroatoms. The molecule has 186 valence electrons. The molecule has 0 aliphatic heterocycles. The van der Waals surface area contributed by atoms with Gasteiger partial charge < -0.3 is 31.9 Å². The zero-order chi connectivity index (χ0) is 25.0. The van der Waals surface area contributed by atoms with Crippen molar-refractivity contribution in [2.75, 3.05) is 12.0 Å². The standard InChI is InChI=1S/C21H40N4O6S/c1-7-11(3)16(19(28)23-14(21(30)31)9-10-32-6)25-20(29)17(12(4)8-2)24-18(27)15(22)13(5)26/h11-17,26H,7-10,22H2,1-6H3,(H,23,28)(H,24,27)(H,25,29)(H,30,31). The van der Waals surface area contributed by atoms with Crippen molar-refractivity contribution in [3.05, 3.63) is 0 Å². The van der Waals surface area contributed by atoms with Crippen LogP contribution >= 0.6 is 11.8 Å². The molecular weight excluding hydrogens is 436 g/mol. The first kappa shape index (κ1) is 30.1. The van der Waals surface area contributed by atoms with Crippen LogP contribution in [0.5, 0.6) is 0 Å². The van der Waals surface area contributed by atoms with E-state index < -0.39 is 54.0 Å². The van der Waals surface area contributed by atoms with Crippen LogP contribution < -0.4 is 21.7 Å². The average molecular weight is 477 g/mol. The number of nitrogens with one attached hydrogen (secondary N) is 3. The minimum absolute atomic E-state index is 0.256. The van der Waals surface area contributed by atoms with Crippen LogP contribution in [-0.2, 0) is 19.2 Å². The molecule has 0 heterocycles. The predicted molar refractivity (Wildman–Crippen MR) is 125 cm³/mol. The number of aliphatic carboxylic acids is 1. The van der Waals surface area contributed by atoms with E-state index in [-0.39, 0.29) is 18.3 Å². The summed E-state index contributed by atoms with van der Waals surface area (Å²) in [6.07, 6.45) is 2.14. The number of hydrogen-bond acceptors (Lipinski definition) is 7. The number of aliphatic hydroxyl groups is 1. The largest absolute Gasteiger partial charge is 0.480 e. The van der Waals surface area contributed by atoms with Crippen LogP contribution in [-0.4, -0.2) is 76.2 Å². The molecule has 7 unspecified atom stereocenters. The Balaban J connectivity index is 5.58.